The number of aromatic nitrogens is 3. The number of hydrogen-bond acceptors (Lipinski definition) is 3. The molecule has 0 radical (unpaired) electrons. The first-order chi connectivity index (χ1) is 5.13. The van der Waals surface area contributed by atoms with Gasteiger partial charge in [-0.3, -0.25) is 0 Å². The van der Waals surface area contributed by atoms with Gasteiger partial charge in [-0.15, -0.1) is 5.10 Å². The lowest BCUT2D eigenvalue weighted by Crippen LogP contribution is -2.09. The Morgan fingerprint density at radius 1 is 1.45 bits per heavy atom. The molecule has 0 fully saturated rings. The highest BCUT2D eigenvalue weighted by Crippen LogP contribution is 2.13. The van der Waals surface area contributed by atoms with Crippen LogP contribution in [-0.4, -0.2) is 20.1 Å². The van der Waals surface area contributed by atoms with Gasteiger partial charge in [-0.1, -0.05) is 5.21 Å². The van der Waals surface area contributed by atoms with E-state index in [-0.39, 0.29) is 6.04 Å². The van der Waals surface area contributed by atoms with Crippen molar-refractivity contribution in [1.82, 2.24) is 15.0 Å². The Labute approximate surface area is 65.8 Å². The molecule has 0 spiro atoms. The van der Waals surface area contributed by atoms with Gasteiger partial charge in [0.05, 0.1) is 18.0 Å². The highest BCUT2D eigenvalue weighted by molar-refractivity contribution is 4.98. The van der Waals surface area contributed by atoms with Crippen LogP contribution < -0.4 is 0 Å². The quantitative estimate of drug-likeness (QED) is 0.690. The van der Waals surface area contributed by atoms with Gasteiger partial charge in [0, 0.05) is 6.04 Å². The van der Waals surface area contributed by atoms with Crippen LogP contribution in [0.3, 0.4) is 0 Å². The molecule has 0 bridgehead atoms. The minimum Gasteiger partial charge on any atom is -0.387 e. The fourth-order valence-electron chi connectivity index (χ4n) is 0.952. The normalized spacial score (nSPS) is 13.9. The van der Waals surface area contributed by atoms with Gasteiger partial charge in [-0.25, -0.2) is 4.68 Å². The van der Waals surface area contributed by atoms with Crippen LogP contribution in [0.15, 0.2) is 6.20 Å². The molecule has 1 atom stereocenters. The predicted molar refractivity (Wildman–Crippen MR) is 41.0 cm³/mol. The summed E-state index contributed by atoms with van der Waals surface area (Å²) in [5.74, 6) is 0. The number of nitrogens with zero attached hydrogens (tertiary/aromatic N) is 3. The Hall–Kier alpha value is -0.900. The fraction of sp³-hybridized carbons (Fsp3) is 0.714. The van der Waals surface area contributed by atoms with Crippen molar-refractivity contribution in [2.24, 2.45) is 0 Å². The minimum absolute atomic E-state index is 0.252. The van der Waals surface area contributed by atoms with Crippen LogP contribution in [0.5, 0.6) is 0 Å². The van der Waals surface area contributed by atoms with E-state index in [4.69, 9.17) is 0 Å². The topological polar surface area (TPSA) is 50.9 Å². The van der Waals surface area contributed by atoms with E-state index in [0.29, 0.717) is 0 Å². The van der Waals surface area contributed by atoms with Crippen molar-refractivity contribution in [1.29, 1.82) is 0 Å². The zero-order valence-corrected chi connectivity index (χ0v) is 7.02. The summed E-state index contributed by atoms with van der Waals surface area (Å²) in [6.07, 6.45) is 1.09. The molecule has 0 saturated carbocycles. The summed E-state index contributed by atoms with van der Waals surface area (Å²) in [5, 5.41) is 16.8. The molecule has 1 aromatic rings. The second-order valence-electron chi connectivity index (χ2n) is 2.87. The van der Waals surface area contributed by atoms with Gasteiger partial charge in [0.25, 0.3) is 0 Å². The summed E-state index contributed by atoms with van der Waals surface area (Å²) in [6.45, 7) is 5.71. The third kappa shape index (κ3) is 1.57. The third-order valence-corrected chi connectivity index (χ3v) is 1.52. The second kappa shape index (κ2) is 3.00. The highest BCUT2D eigenvalue weighted by Gasteiger charge is 2.10. The van der Waals surface area contributed by atoms with Gasteiger partial charge in [-0.05, 0) is 20.8 Å². The molecule has 0 saturated heterocycles. The van der Waals surface area contributed by atoms with Gasteiger partial charge in [0.1, 0.15) is 0 Å². The summed E-state index contributed by atoms with van der Waals surface area (Å²) in [5.41, 5.74) is 0.764. The molecule has 0 unspecified atom stereocenters. The first-order valence-corrected chi connectivity index (χ1v) is 3.71. The Morgan fingerprint density at radius 2 is 2.09 bits per heavy atom. The lowest BCUT2D eigenvalue weighted by molar-refractivity contribution is 0.184. The standard InChI is InChI=1S/C7H13N3O/c1-5(2)10-7(6(3)11)4-8-9-10/h4-6,11H,1-3H3/t6-/m1/s1. The summed E-state index contributed by atoms with van der Waals surface area (Å²) in [6, 6.07) is 0.252. The second-order valence-corrected chi connectivity index (χ2v) is 2.87. The lowest BCUT2D eigenvalue weighted by atomic mass is 10.3. The lowest BCUT2D eigenvalue weighted by Gasteiger charge is -2.10. The minimum atomic E-state index is -0.493. The monoisotopic (exact) mass is 155 g/mol. The molecule has 0 aliphatic carbocycles. The summed E-state index contributed by atoms with van der Waals surface area (Å²) >= 11 is 0. The van der Waals surface area contributed by atoms with E-state index in [1.807, 2.05) is 13.8 Å². The average Bonchev–Trinajstić information content (AvgIpc) is 2.32. The van der Waals surface area contributed by atoms with Crippen molar-refractivity contribution in [2.45, 2.75) is 32.9 Å². The first-order valence-electron chi connectivity index (χ1n) is 3.71. The molecule has 0 aliphatic rings. The Kier molecular flexibility index (Phi) is 2.24. The molecule has 0 amide bonds. The summed E-state index contributed by atoms with van der Waals surface area (Å²) in [7, 11) is 0. The first kappa shape index (κ1) is 8.20. The van der Waals surface area contributed by atoms with Gasteiger partial charge in [-0.2, -0.15) is 0 Å². The zero-order valence-electron chi connectivity index (χ0n) is 7.02. The van der Waals surface area contributed by atoms with E-state index in [2.05, 4.69) is 10.3 Å². The van der Waals surface area contributed by atoms with Crippen LogP contribution in [0.4, 0.5) is 0 Å². The average molecular weight is 155 g/mol. The number of hydrogen-bond donors (Lipinski definition) is 1. The van der Waals surface area contributed by atoms with Crippen molar-refractivity contribution in [3.8, 4) is 0 Å². The smallest absolute Gasteiger partial charge is 0.0945 e. The molecule has 1 N–H and O–H groups in total. The van der Waals surface area contributed by atoms with Crippen molar-refractivity contribution in [3.05, 3.63) is 11.9 Å². The van der Waals surface area contributed by atoms with Gasteiger partial charge in [0.2, 0.25) is 0 Å². The fourth-order valence-corrected chi connectivity index (χ4v) is 0.952. The van der Waals surface area contributed by atoms with E-state index < -0.39 is 6.10 Å². The maximum atomic E-state index is 9.24. The van der Waals surface area contributed by atoms with Crippen molar-refractivity contribution < 1.29 is 5.11 Å². The van der Waals surface area contributed by atoms with Gasteiger partial charge >= 0.3 is 0 Å². The highest BCUT2D eigenvalue weighted by atomic mass is 16.3. The van der Waals surface area contributed by atoms with E-state index in [1.54, 1.807) is 17.8 Å². The van der Waals surface area contributed by atoms with Crippen LogP contribution >= 0.6 is 0 Å². The van der Waals surface area contributed by atoms with Crippen LogP contribution in [0.1, 0.15) is 38.6 Å². The summed E-state index contributed by atoms with van der Waals surface area (Å²) < 4.78 is 1.71. The van der Waals surface area contributed by atoms with Crippen LogP contribution in [0.25, 0.3) is 0 Å². The predicted octanol–water partition coefficient (Wildman–Crippen LogP) is 0.912. The van der Waals surface area contributed by atoms with Crippen LogP contribution in [-0.2, 0) is 0 Å². The molecular formula is C7H13N3O. The summed E-state index contributed by atoms with van der Waals surface area (Å²) in [4.78, 5) is 0. The number of rotatable bonds is 2. The Morgan fingerprint density at radius 3 is 2.45 bits per heavy atom. The zero-order chi connectivity index (χ0) is 8.43. The molecule has 1 rings (SSSR count). The number of aliphatic hydroxyl groups excluding tert-OH is 1. The maximum Gasteiger partial charge on any atom is 0.0945 e. The van der Waals surface area contributed by atoms with Crippen LogP contribution in [0, 0.1) is 0 Å². The van der Waals surface area contributed by atoms with E-state index in [1.165, 1.54) is 0 Å². The van der Waals surface area contributed by atoms with Crippen LogP contribution in [0.2, 0.25) is 0 Å². The van der Waals surface area contributed by atoms with Crippen molar-refractivity contribution in [2.75, 3.05) is 0 Å². The van der Waals surface area contributed by atoms with E-state index >= 15 is 0 Å². The molecule has 1 heterocycles. The van der Waals surface area contributed by atoms with Gasteiger partial charge in [0.15, 0.2) is 0 Å². The molecule has 62 valence electrons. The van der Waals surface area contributed by atoms with Crippen molar-refractivity contribution >= 4 is 0 Å². The Bertz CT molecular complexity index is 207. The van der Waals surface area contributed by atoms with E-state index in [9.17, 15) is 5.11 Å². The molecule has 4 heteroatoms. The van der Waals surface area contributed by atoms with Gasteiger partial charge < -0.3 is 5.11 Å². The molecular weight excluding hydrogens is 142 g/mol. The Balaban J connectivity index is 2.96. The largest absolute Gasteiger partial charge is 0.387 e. The molecule has 0 aliphatic heterocycles. The van der Waals surface area contributed by atoms with Crippen molar-refractivity contribution in [3.63, 3.8) is 0 Å². The molecule has 11 heavy (non-hydrogen) atoms. The van der Waals surface area contributed by atoms with E-state index in [0.717, 1.165) is 5.69 Å². The molecule has 4 nitrogen and oxygen atoms in total. The maximum absolute atomic E-state index is 9.24. The SMILES string of the molecule is CC(C)n1nncc1[C@@H](C)O. The molecule has 0 aromatic carbocycles. The third-order valence-electron chi connectivity index (χ3n) is 1.52. The molecule has 1 aromatic heterocycles. The number of aliphatic hydroxyl groups is 1.